The minimum atomic E-state index is -0.545. The summed E-state index contributed by atoms with van der Waals surface area (Å²) in [6, 6.07) is 8.20. The van der Waals surface area contributed by atoms with Crippen LogP contribution >= 0.6 is 11.8 Å². The molecule has 1 aliphatic carbocycles. The fourth-order valence-corrected chi connectivity index (χ4v) is 3.90. The average molecular weight is 295 g/mol. The van der Waals surface area contributed by atoms with E-state index in [0.29, 0.717) is 11.8 Å². The molecule has 0 radical (unpaired) electrons. The van der Waals surface area contributed by atoms with Gasteiger partial charge in [-0.05, 0) is 31.6 Å². The molecule has 1 aromatic rings. The maximum Gasteiger partial charge on any atom is 0.123 e. The van der Waals surface area contributed by atoms with E-state index in [1.807, 2.05) is 30.0 Å². The van der Waals surface area contributed by atoms with E-state index in [4.69, 9.17) is 4.74 Å². The lowest BCUT2D eigenvalue weighted by atomic mass is 9.79. The van der Waals surface area contributed by atoms with Crippen LogP contribution in [-0.2, 0) is 0 Å². The highest BCUT2D eigenvalue weighted by Gasteiger charge is 2.45. The Hall–Kier alpha value is -0.710. The number of aliphatic hydroxyl groups is 1. The van der Waals surface area contributed by atoms with Crippen LogP contribution in [-0.4, -0.2) is 35.4 Å². The predicted octanol–water partition coefficient (Wildman–Crippen LogP) is 2.99. The normalized spacial score (nSPS) is 26.9. The van der Waals surface area contributed by atoms with Crippen molar-refractivity contribution in [1.82, 2.24) is 5.32 Å². The molecule has 3 atom stereocenters. The fourth-order valence-electron chi connectivity index (χ4n) is 2.70. The van der Waals surface area contributed by atoms with Gasteiger partial charge in [0.05, 0.1) is 12.7 Å². The third-order valence-electron chi connectivity index (χ3n) is 4.13. The summed E-state index contributed by atoms with van der Waals surface area (Å²) in [6.45, 7) is 4.90. The first-order valence-electron chi connectivity index (χ1n) is 7.31. The van der Waals surface area contributed by atoms with E-state index in [2.05, 4.69) is 25.2 Å². The fraction of sp³-hybridized carbons (Fsp3) is 0.625. The van der Waals surface area contributed by atoms with Crippen molar-refractivity contribution < 1.29 is 9.84 Å². The minimum absolute atomic E-state index is 0.169. The molecule has 0 aromatic heterocycles. The number of nitrogens with one attached hydrogen (secondary N) is 1. The predicted molar refractivity (Wildman–Crippen MR) is 85.5 cm³/mol. The monoisotopic (exact) mass is 295 g/mol. The molecule has 1 saturated carbocycles. The molecule has 0 saturated heterocycles. The van der Waals surface area contributed by atoms with Crippen molar-refractivity contribution in [2.75, 3.05) is 19.4 Å². The van der Waals surface area contributed by atoms with Crippen LogP contribution in [0.15, 0.2) is 24.3 Å². The SMILES string of the molecule is CCS[C@@H]1CC[C@@]1(O)CN[C@H](C)c1ccccc1OC. The Morgan fingerprint density at radius 1 is 1.50 bits per heavy atom. The van der Waals surface area contributed by atoms with Crippen molar-refractivity contribution >= 4 is 11.8 Å². The summed E-state index contributed by atoms with van der Waals surface area (Å²) >= 11 is 1.87. The number of para-hydroxylation sites is 1. The number of thioether (sulfide) groups is 1. The van der Waals surface area contributed by atoms with Crippen molar-refractivity contribution in [3.05, 3.63) is 29.8 Å². The van der Waals surface area contributed by atoms with Gasteiger partial charge in [-0.2, -0.15) is 11.8 Å². The maximum atomic E-state index is 10.6. The van der Waals surface area contributed by atoms with Gasteiger partial charge in [-0.3, -0.25) is 0 Å². The van der Waals surface area contributed by atoms with Crippen LogP contribution in [0.25, 0.3) is 0 Å². The zero-order valence-corrected chi connectivity index (χ0v) is 13.4. The molecule has 1 aromatic carbocycles. The number of hydrogen-bond donors (Lipinski definition) is 2. The largest absolute Gasteiger partial charge is 0.496 e. The van der Waals surface area contributed by atoms with Gasteiger partial charge in [-0.15, -0.1) is 0 Å². The lowest BCUT2D eigenvalue weighted by Gasteiger charge is -2.45. The zero-order valence-electron chi connectivity index (χ0n) is 12.6. The highest BCUT2D eigenvalue weighted by atomic mass is 32.2. The molecule has 0 bridgehead atoms. The van der Waals surface area contributed by atoms with E-state index in [9.17, 15) is 5.11 Å². The third kappa shape index (κ3) is 3.30. The quantitative estimate of drug-likeness (QED) is 0.811. The molecule has 0 heterocycles. The molecule has 1 aliphatic rings. The van der Waals surface area contributed by atoms with Crippen molar-refractivity contribution in [3.8, 4) is 5.75 Å². The Balaban J connectivity index is 1.93. The van der Waals surface area contributed by atoms with E-state index < -0.39 is 5.60 Å². The Bertz CT molecular complexity index is 440. The van der Waals surface area contributed by atoms with Crippen LogP contribution in [0, 0.1) is 0 Å². The van der Waals surface area contributed by atoms with Gasteiger partial charge < -0.3 is 15.2 Å². The molecular formula is C16H25NO2S. The molecule has 4 heteroatoms. The Morgan fingerprint density at radius 2 is 2.25 bits per heavy atom. The number of methoxy groups -OCH3 is 1. The first kappa shape index (κ1) is 15.7. The lowest BCUT2D eigenvalue weighted by Crippen LogP contribution is -2.56. The second kappa shape index (κ2) is 6.83. The second-order valence-electron chi connectivity index (χ2n) is 5.43. The summed E-state index contributed by atoms with van der Waals surface area (Å²) in [4.78, 5) is 0. The van der Waals surface area contributed by atoms with Crippen molar-refractivity contribution in [1.29, 1.82) is 0 Å². The Morgan fingerprint density at radius 3 is 2.85 bits per heavy atom. The standard InChI is InChI=1S/C16H25NO2S/c1-4-20-15-9-10-16(15,18)11-17-12(2)13-7-5-6-8-14(13)19-3/h5-8,12,15,17-18H,4,9-11H2,1-3H3/t12-,15-,16-/m1/s1. The maximum absolute atomic E-state index is 10.6. The minimum Gasteiger partial charge on any atom is -0.496 e. The summed E-state index contributed by atoms with van der Waals surface area (Å²) in [5.41, 5.74) is 0.592. The number of hydrogen-bond acceptors (Lipinski definition) is 4. The molecule has 0 spiro atoms. The van der Waals surface area contributed by atoms with Crippen molar-refractivity contribution in [3.63, 3.8) is 0 Å². The molecule has 2 N–H and O–H groups in total. The molecule has 1 fully saturated rings. The molecular weight excluding hydrogens is 270 g/mol. The summed E-state index contributed by atoms with van der Waals surface area (Å²) in [6.07, 6.45) is 2.02. The van der Waals surface area contributed by atoms with Gasteiger partial charge >= 0.3 is 0 Å². The van der Waals surface area contributed by atoms with E-state index in [1.54, 1.807) is 7.11 Å². The van der Waals surface area contributed by atoms with E-state index in [1.165, 1.54) is 0 Å². The third-order valence-corrected chi connectivity index (χ3v) is 5.54. The van der Waals surface area contributed by atoms with Gasteiger partial charge in [0.15, 0.2) is 0 Å². The molecule has 112 valence electrons. The van der Waals surface area contributed by atoms with Crippen molar-refractivity contribution in [2.45, 2.75) is 43.6 Å². The summed E-state index contributed by atoms with van der Waals surface area (Å²) in [7, 11) is 1.69. The van der Waals surface area contributed by atoms with Crippen LogP contribution in [0.3, 0.4) is 0 Å². The van der Waals surface area contributed by atoms with Gasteiger partial charge in [0.2, 0.25) is 0 Å². The molecule has 3 nitrogen and oxygen atoms in total. The molecule has 0 unspecified atom stereocenters. The summed E-state index contributed by atoms with van der Waals surface area (Å²) < 4.78 is 5.39. The van der Waals surface area contributed by atoms with Crippen LogP contribution < -0.4 is 10.1 Å². The van der Waals surface area contributed by atoms with Crippen LogP contribution in [0.5, 0.6) is 5.75 Å². The topological polar surface area (TPSA) is 41.5 Å². The number of ether oxygens (including phenoxy) is 1. The molecule has 2 rings (SSSR count). The van der Waals surface area contributed by atoms with Gasteiger partial charge in [-0.25, -0.2) is 0 Å². The van der Waals surface area contributed by atoms with Crippen LogP contribution in [0.1, 0.15) is 38.3 Å². The zero-order chi connectivity index (χ0) is 14.6. The second-order valence-corrected chi connectivity index (χ2v) is 6.91. The molecule has 0 amide bonds. The summed E-state index contributed by atoms with van der Waals surface area (Å²) in [5.74, 6) is 1.96. The first-order valence-corrected chi connectivity index (χ1v) is 8.36. The van der Waals surface area contributed by atoms with Crippen LogP contribution in [0.2, 0.25) is 0 Å². The summed E-state index contributed by atoms with van der Waals surface area (Å²) in [5, 5.41) is 14.4. The number of rotatable bonds is 7. The van der Waals surface area contributed by atoms with E-state index >= 15 is 0 Å². The molecule has 0 aliphatic heterocycles. The van der Waals surface area contributed by atoms with Gasteiger partial charge in [0.1, 0.15) is 5.75 Å². The highest BCUT2D eigenvalue weighted by molar-refractivity contribution is 8.00. The highest BCUT2D eigenvalue weighted by Crippen LogP contribution is 2.41. The van der Waals surface area contributed by atoms with E-state index in [-0.39, 0.29) is 6.04 Å². The van der Waals surface area contributed by atoms with Gasteiger partial charge in [0, 0.05) is 23.4 Å². The van der Waals surface area contributed by atoms with Crippen LogP contribution in [0.4, 0.5) is 0 Å². The Labute approximate surface area is 126 Å². The Kier molecular flexibility index (Phi) is 5.35. The van der Waals surface area contributed by atoms with Crippen molar-refractivity contribution in [2.24, 2.45) is 0 Å². The van der Waals surface area contributed by atoms with Gasteiger partial charge in [-0.1, -0.05) is 25.1 Å². The first-order chi connectivity index (χ1) is 9.60. The smallest absolute Gasteiger partial charge is 0.123 e. The van der Waals surface area contributed by atoms with Gasteiger partial charge in [0.25, 0.3) is 0 Å². The lowest BCUT2D eigenvalue weighted by molar-refractivity contribution is -0.0250. The van der Waals surface area contributed by atoms with E-state index in [0.717, 1.165) is 29.9 Å². The average Bonchev–Trinajstić information content (AvgIpc) is 2.48. The molecule has 20 heavy (non-hydrogen) atoms. The number of benzene rings is 1.